The summed E-state index contributed by atoms with van der Waals surface area (Å²) in [5, 5.41) is 3.33. The summed E-state index contributed by atoms with van der Waals surface area (Å²) in [6, 6.07) is 0. The predicted octanol–water partition coefficient (Wildman–Crippen LogP) is 2.59. The van der Waals surface area contributed by atoms with Gasteiger partial charge < -0.3 is 5.32 Å². The molecule has 0 fully saturated rings. The van der Waals surface area contributed by atoms with Gasteiger partial charge in [0, 0.05) is 41.1 Å². The third kappa shape index (κ3) is 12.7. The van der Waals surface area contributed by atoms with Crippen LogP contribution in [0.15, 0.2) is 4.99 Å². The molecule has 0 bridgehead atoms. The molecule has 13 heavy (non-hydrogen) atoms. The average Bonchev–Trinajstić information content (AvgIpc) is 1.49. The van der Waals surface area contributed by atoms with Crippen molar-refractivity contribution in [2.24, 2.45) is 4.99 Å². The normalized spacial score (nSPS) is 13.6. The second kappa shape index (κ2) is 5.52. The minimum atomic E-state index is 0. The van der Waals surface area contributed by atoms with Gasteiger partial charge in [0.2, 0.25) is 0 Å². The number of rotatable bonds is 0. The first-order valence-corrected chi connectivity index (χ1v) is 4.45. The Morgan fingerprint density at radius 2 is 1.38 bits per heavy atom. The van der Waals surface area contributed by atoms with Crippen LogP contribution in [0.4, 0.5) is 0 Å². The zero-order valence-corrected chi connectivity index (χ0v) is 13.7. The monoisotopic (exact) mass is 309 g/mol. The molecular weight excluding hydrogens is 287 g/mol. The van der Waals surface area contributed by atoms with E-state index in [0.717, 1.165) is 5.84 Å². The van der Waals surface area contributed by atoms with E-state index in [2.05, 4.69) is 51.9 Å². The van der Waals surface area contributed by atoms with Gasteiger partial charge >= 0.3 is 0 Å². The first-order chi connectivity index (χ1) is 5.10. The number of nitrogens with zero attached hydrogens (tertiary/aromatic N) is 1. The molecule has 0 aromatic heterocycles. The standard InChI is InChI=1S/C10H22N2.La/c1-8(11-9(2,3)4)12-10(5,6)7;/h1-7H3,(H,11,12);. The van der Waals surface area contributed by atoms with Crippen LogP contribution in [0.2, 0.25) is 0 Å². The molecule has 3 heteroatoms. The van der Waals surface area contributed by atoms with Gasteiger partial charge in [-0.1, -0.05) is 0 Å². The number of hydrogen-bond acceptors (Lipinski definition) is 1. The fraction of sp³-hybridized carbons (Fsp3) is 0.900. The van der Waals surface area contributed by atoms with E-state index in [1.807, 2.05) is 6.92 Å². The molecule has 2 nitrogen and oxygen atoms in total. The second-order valence-electron chi connectivity index (χ2n) is 5.24. The van der Waals surface area contributed by atoms with E-state index >= 15 is 0 Å². The summed E-state index contributed by atoms with van der Waals surface area (Å²) in [4.78, 5) is 4.50. The summed E-state index contributed by atoms with van der Waals surface area (Å²) < 4.78 is 0. The van der Waals surface area contributed by atoms with E-state index in [1.54, 1.807) is 0 Å². The fourth-order valence-corrected chi connectivity index (χ4v) is 1.07. The fourth-order valence-electron chi connectivity index (χ4n) is 1.07. The van der Waals surface area contributed by atoms with Crippen molar-refractivity contribution in [3.8, 4) is 0 Å². The van der Waals surface area contributed by atoms with Gasteiger partial charge in [0.15, 0.2) is 0 Å². The van der Waals surface area contributed by atoms with Crippen molar-refractivity contribution in [2.45, 2.75) is 59.5 Å². The number of hydrogen-bond donors (Lipinski definition) is 1. The Morgan fingerprint density at radius 3 is 1.62 bits per heavy atom. The van der Waals surface area contributed by atoms with Crippen LogP contribution in [0, 0.1) is 35.6 Å². The van der Waals surface area contributed by atoms with E-state index in [4.69, 9.17) is 0 Å². The Balaban J connectivity index is 0. The Hall–Kier alpha value is 0.665. The van der Waals surface area contributed by atoms with E-state index in [1.165, 1.54) is 0 Å². The molecule has 0 amide bonds. The van der Waals surface area contributed by atoms with Crippen molar-refractivity contribution in [3.05, 3.63) is 0 Å². The second-order valence-corrected chi connectivity index (χ2v) is 5.24. The van der Waals surface area contributed by atoms with Crippen molar-refractivity contribution in [3.63, 3.8) is 0 Å². The van der Waals surface area contributed by atoms with Crippen LogP contribution < -0.4 is 5.32 Å². The summed E-state index contributed by atoms with van der Waals surface area (Å²) in [6.07, 6.45) is 0. The molecule has 1 N–H and O–H groups in total. The molecule has 0 saturated heterocycles. The van der Waals surface area contributed by atoms with Gasteiger partial charge in [-0.25, -0.2) is 0 Å². The van der Waals surface area contributed by atoms with Gasteiger partial charge in [-0.15, -0.1) is 0 Å². The number of nitrogens with one attached hydrogen (secondary N) is 1. The van der Waals surface area contributed by atoms with Gasteiger partial charge in [0.1, 0.15) is 0 Å². The zero-order valence-electron chi connectivity index (χ0n) is 10.0. The Bertz CT molecular complexity index is 172. The predicted molar refractivity (Wildman–Crippen MR) is 55.8 cm³/mol. The summed E-state index contributed by atoms with van der Waals surface area (Å²) in [6.45, 7) is 14.7. The Labute approximate surface area is 111 Å². The molecule has 0 unspecified atom stereocenters. The summed E-state index contributed by atoms with van der Waals surface area (Å²) in [5.74, 6) is 1.01. The molecule has 0 aliphatic rings. The van der Waals surface area contributed by atoms with Crippen LogP contribution in [0.3, 0.4) is 0 Å². The van der Waals surface area contributed by atoms with Crippen molar-refractivity contribution in [1.82, 2.24) is 5.32 Å². The van der Waals surface area contributed by atoms with E-state index in [0.29, 0.717) is 0 Å². The number of amidine groups is 1. The summed E-state index contributed by atoms with van der Waals surface area (Å²) >= 11 is 0. The minimum Gasteiger partial charge on any atom is -0.369 e. The molecule has 0 aromatic rings. The summed E-state index contributed by atoms with van der Waals surface area (Å²) in [5.41, 5.74) is 0.126. The summed E-state index contributed by atoms with van der Waals surface area (Å²) in [7, 11) is 0. The number of aliphatic imine (C=N–C) groups is 1. The molecular formula is C10H22LaN2. The first-order valence-electron chi connectivity index (χ1n) is 4.45. The van der Waals surface area contributed by atoms with Crippen molar-refractivity contribution >= 4 is 5.84 Å². The van der Waals surface area contributed by atoms with Crippen molar-refractivity contribution in [2.75, 3.05) is 0 Å². The molecule has 0 rings (SSSR count). The van der Waals surface area contributed by atoms with Crippen LogP contribution in [-0.2, 0) is 0 Å². The van der Waals surface area contributed by atoms with Crippen LogP contribution in [0.5, 0.6) is 0 Å². The Kier molecular flexibility index (Phi) is 6.84. The molecule has 75 valence electrons. The SMILES string of the molecule is CC(=NC(C)(C)C)NC(C)(C)C.[La]. The maximum absolute atomic E-state index is 4.50. The van der Waals surface area contributed by atoms with Crippen molar-refractivity contribution < 1.29 is 35.6 Å². The smallest absolute Gasteiger partial charge is 0.0942 e. The molecule has 0 aromatic carbocycles. The molecule has 0 aliphatic carbocycles. The van der Waals surface area contributed by atoms with Gasteiger partial charge in [-0.05, 0) is 48.5 Å². The topological polar surface area (TPSA) is 24.4 Å². The first kappa shape index (κ1) is 16.1. The maximum atomic E-state index is 4.50. The molecule has 0 aliphatic heterocycles. The third-order valence-electron chi connectivity index (χ3n) is 1.06. The maximum Gasteiger partial charge on any atom is 0.0942 e. The third-order valence-corrected chi connectivity index (χ3v) is 1.06. The van der Waals surface area contributed by atoms with Gasteiger partial charge in [-0.3, -0.25) is 4.99 Å². The van der Waals surface area contributed by atoms with Crippen LogP contribution in [0.25, 0.3) is 0 Å². The van der Waals surface area contributed by atoms with E-state index < -0.39 is 0 Å². The molecule has 0 spiro atoms. The molecule has 0 atom stereocenters. The van der Waals surface area contributed by atoms with Crippen LogP contribution in [-0.4, -0.2) is 16.9 Å². The van der Waals surface area contributed by atoms with E-state index in [9.17, 15) is 0 Å². The van der Waals surface area contributed by atoms with E-state index in [-0.39, 0.29) is 46.7 Å². The van der Waals surface area contributed by atoms with Crippen molar-refractivity contribution in [1.29, 1.82) is 0 Å². The zero-order chi connectivity index (χ0) is 9.99. The Morgan fingerprint density at radius 1 is 1.00 bits per heavy atom. The minimum absolute atomic E-state index is 0. The van der Waals surface area contributed by atoms with Gasteiger partial charge in [0.25, 0.3) is 0 Å². The van der Waals surface area contributed by atoms with Gasteiger partial charge in [0.05, 0.1) is 11.4 Å². The molecule has 0 saturated carbocycles. The van der Waals surface area contributed by atoms with Gasteiger partial charge in [-0.2, -0.15) is 0 Å². The van der Waals surface area contributed by atoms with Crippen LogP contribution in [0.1, 0.15) is 48.5 Å². The van der Waals surface area contributed by atoms with Crippen LogP contribution >= 0.6 is 0 Å². The largest absolute Gasteiger partial charge is 0.369 e. The quantitative estimate of drug-likeness (QED) is 0.540. The molecule has 0 heterocycles. The molecule has 1 radical (unpaired) electrons. The average molecular weight is 309 g/mol.